The molecule has 0 spiro atoms. The third-order valence-corrected chi connectivity index (χ3v) is 2.85. The lowest BCUT2D eigenvalue weighted by atomic mass is 10.0. The maximum absolute atomic E-state index is 11.1. The zero-order valence-corrected chi connectivity index (χ0v) is 9.47. The second-order valence-electron chi connectivity index (χ2n) is 5.18. The van der Waals surface area contributed by atoms with Gasteiger partial charge in [0.1, 0.15) is 0 Å². The van der Waals surface area contributed by atoms with E-state index in [0.29, 0.717) is 12.8 Å². The van der Waals surface area contributed by atoms with Crippen molar-refractivity contribution in [3.05, 3.63) is 0 Å². The van der Waals surface area contributed by atoms with Crippen LogP contribution >= 0.6 is 0 Å². The fourth-order valence-corrected chi connectivity index (χ4v) is 2.22. The predicted octanol–water partition coefficient (Wildman–Crippen LogP) is 0.616. The smallest absolute Gasteiger partial charge is 0.407 e. The quantitative estimate of drug-likeness (QED) is 0.599. The van der Waals surface area contributed by atoms with Crippen LogP contribution in [-0.2, 0) is 0 Å². The summed E-state index contributed by atoms with van der Waals surface area (Å²) in [5, 5.41) is 18.7. The fourth-order valence-electron chi connectivity index (χ4n) is 2.22. The Balaban J connectivity index is 2.80. The van der Waals surface area contributed by atoms with E-state index in [9.17, 15) is 9.90 Å². The van der Waals surface area contributed by atoms with E-state index in [1.54, 1.807) is 0 Å². The number of nitrogens with two attached hydrogens (primary N) is 1. The van der Waals surface area contributed by atoms with Crippen molar-refractivity contribution in [1.82, 2.24) is 4.90 Å². The number of hydrogen-bond donors (Lipinski definition) is 3. The van der Waals surface area contributed by atoms with Crippen LogP contribution in [0.5, 0.6) is 0 Å². The molecule has 15 heavy (non-hydrogen) atoms. The van der Waals surface area contributed by atoms with Crippen LogP contribution in [0.2, 0.25) is 0 Å². The Labute approximate surface area is 89.9 Å². The van der Waals surface area contributed by atoms with Gasteiger partial charge < -0.3 is 20.8 Å². The summed E-state index contributed by atoms with van der Waals surface area (Å²) in [7, 11) is 0. The minimum atomic E-state index is -0.950. The zero-order chi connectivity index (χ0) is 11.8. The van der Waals surface area contributed by atoms with E-state index in [0.717, 1.165) is 0 Å². The molecule has 0 radical (unpaired) electrons. The summed E-state index contributed by atoms with van der Waals surface area (Å²) in [5.41, 5.74) is 5.22. The van der Waals surface area contributed by atoms with Gasteiger partial charge in [0.15, 0.2) is 0 Å². The normalized spacial score (nSPS) is 31.7. The molecule has 1 aliphatic rings. The minimum Gasteiger partial charge on any atom is -0.465 e. The number of carboxylic acid groups (broad SMARTS) is 1. The summed E-state index contributed by atoms with van der Waals surface area (Å²) in [6.07, 6.45) is -0.567. The maximum atomic E-state index is 11.1. The average molecular weight is 216 g/mol. The van der Waals surface area contributed by atoms with Crippen molar-refractivity contribution in [2.24, 2.45) is 5.73 Å². The first-order valence-electron chi connectivity index (χ1n) is 5.19. The van der Waals surface area contributed by atoms with Crippen molar-refractivity contribution >= 4 is 6.09 Å². The number of rotatable bonds is 1. The molecule has 1 amide bonds. The van der Waals surface area contributed by atoms with Gasteiger partial charge in [0.2, 0.25) is 0 Å². The van der Waals surface area contributed by atoms with Crippen LogP contribution in [0.1, 0.15) is 33.6 Å². The number of aliphatic hydroxyl groups excluding tert-OH is 1. The third kappa shape index (κ3) is 2.60. The van der Waals surface area contributed by atoms with Crippen LogP contribution < -0.4 is 5.73 Å². The highest BCUT2D eigenvalue weighted by Crippen LogP contribution is 2.28. The summed E-state index contributed by atoms with van der Waals surface area (Å²) in [6, 6.07) is -0.480. The number of amides is 1. The fraction of sp³-hybridized carbons (Fsp3) is 0.900. The largest absolute Gasteiger partial charge is 0.465 e. The van der Waals surface area contributed by atoms with Crippen LogP contribution in [-0.4, -0.2) is 44.9 Å². The van der Waals surface area contributed by atoms with E-state index < -0.39 is 17.7 Å². The molecule has 5 nitrogen and oxygen atoms in total. The molecular formula is C10H20N2O3. The highest BCUT2D eigenvalue weighted by molar-refractivity contribution is 5.66. The molecule has 0 aliphatic heterocycles. The predicted molar refractivity (Wildman–Crippen MR) is 56.6 cm³/mol. The molecule has 1 aliphatic carbocycles. The van der Waals surface area contributed by atoms with Crippen LogP contribution in [0.4, 0.5) is 4.79 Å². The highest BCUT2D eigenvalue weighted by atomic mass is 16.4. The van der Waals surface area contributed by atoms with Gasteiger partial charge in [-0.2, -0.15) is 0 Å². The van der Waals surface area contributed by atoms with Crippen molar-refractivity contribution in [3.63, 3.8) is 0 Å². The summed E-state index contributed by atoms with van der Waals surface area (Å²) >= 11 is 0. The molecular weight excluding hydrogens is 196 g/mol. The molecule has 0 bridgehead atoms. The SMILES string of the molecule is CC(C)(C)N(C(=O)O)[C@H]1CC(O)[C@H](N)C1. The first-order chi connectivity index (χ1) is 6.73. The molecule has 88 valence electrons. The van der Waals surface area contributed by atoms with Gasteiger partial charge in [0.05, 0.1) is 6.10 Å². The van der Waals surface area contributed by atoms with Crippen LogP contribution in [0, 0.1) is 0 Å². The van der Waals surface area contributed by atoms with Crippen LogP contribution in [0.15, 0.2) is 0 Å². The molecule has 0 aromatic heterocycles. The molecule has 0 aromatic carbocycles. The lowest BCUT2D eigenvalue weighted by Gasteiger charge is -2.38. The molecule has 4 N–H and O–H groups in total. The molecule has 5 heteroatoms. The summed E-state index contributed by atoms with van der Waals surface area (Å²) in [6.45, 7) is 5.53. The Kier molecular flexibility index (Phi) is 3.25. The Hall–Kier alpha value is -0.810. The highest BCUT2D eigenvalue weighted by Gasteiger charge is 2.40. The lowest BCUT2D eigenvalue weighted by Crippen LogP contribution is -2.50. The second kappa shape index (κ2) is 3.98. The van der Waals surface area contributed by atoms with Crippen LogP contribution in [0.25, 0.3) is 0 Å². The van der Waals surface area contributed by atoms with Crippen LogP contribution in [0.3, 0.4) is 0 Å². The molecule has 1 fully saturated rings. The number of hydrogen-bond acceptors (Lipinski definition) is 3. The molecule has 1 saturated carbocycles. The van der Waals surface area contributed by atoms with Gasteiger partial charge >= 0.3 is 6.09 Å². The average Bonchev–Trinajstić information content (AvgIpc) is 2.27. The summed E-state index contributed by atoms with van der Waals surface area (Å²) < 4.78 is 0. The van der Waals surface area contributed by atoms with Gasteiger partial charge in [-0.25, -0.2) is 4.79 Å². The van der Waals surface area contributed by atoms with E-state index in [2.05, 4.69) is 0 Å². The Morgan fingerprint density at radius 1 is 1.40 bits per heavy atom. The van der Waals surface area contributed by atoms with Gasteiger partial charge in [0, 0.05) is 17.6 Å². The van der Waals surface area contributed by atoms with Gasteiger partial charge in [-0.15, -0.1) is 0 Å². The second-order valence-corrected chi connectivity index (χ2v) is 5.18. The van der Waals surface area contributed by atoms with Crippen molar-refractivity contribution in [2.45, 2.75) is 57.3 Å². The van der Waals surface area contributed by atoms with Crippen molar-refractivity contribution in [1.29, 1.82) is 0 Å². The molecule has 0 aromatic rings. The minimum absolute atomic E-state index is 0.174. The lowest BCUT2D eigenvalue weighted by molar-refractivity contribution is 0.0663. The summed E-state index contributed by atoms with van der Waals surface area (Å²) in [5.74, 6) is 0. The monoisotopic (exact) mass is 216 g/mol. The van der Waals surface area contributed by atoms with Gasteiger partial charge in [0.25, 0.3) is 0 Å². The first kappa shape index (κ1) is 12.3. The standard InChI is InChI=1S/C10H20N2O3/c1-10(2,3)12(9(14)15)6-4-7(11)8(13)5-6/h6-8,13H,4-5,11H2,1-3H3,(H,14,15)/t6-,7-,8?/m1/s1. The van der Waals surface area contributed by atoms with Crippen molar-refractivity contribution in [3.8, 4) is 0 Å². The van der Waals surface area contributed by atoms with E-state index in [1.807, 2.05) is 20.8 Å². The number of nitrogens with zero attached hydrogens (tertiary/aromatic N) is 1. The maximum Gasteiger partial charge on any atom is 0.407 e. The van der Waals surface area contributed by atoms with Gasteiger partial charge in [-0.05, 0) is 33.6 Å². The van der Waals surface area contributed by atoms with E-state index in [-0.39, 0.29) is 12.1 Å². The zero-order valence-electron chi connectivity index (χ0n) is 9.47. The molecule has 3 atom stereocenters. The molecule has 0 heterocycles. The Morgan fingerprint density at radius 3 is 2.20 bits per heavy atom. The topological polar surface area (TPSA) is 86.8 Å². The molecule has 0 saturated heterocycles. The Bertz CT molecular complexity index is 240. The number of carbonyl (C=O) groups is 1. The Morgan fingerprint density at radius 2 is 1.93 bits per heavy atom. The molecule has 1 unspecified atom stereocenters. The van der Waals surface area contributed by atoms with Gasteiger partial charge in [-0.1, -0.05) is 0 Å². The van der Waals surface area contributed by atoms with E-state index in [1.165, 1.54) is 4.90 Å². The van der Waals surface area contributed by atoms with Gasteiger partial charge in [-0.3, -0.25) is 0 Å². The van der Waals surface area contributed by atoms with Crippen molar-refractivity contribution < 1.29 is 15.0 Å². The third-order valence-electron chi connectivity index (χ3n) is 2.85. The van der Waals surface area contributed by atoms with E-state index >= 15 is 0 Å². The van der Waals surface area contributed by atoms with E-state index in [4.69, 9.17) is 10.8 Å². The molecule has 1 rings (SSSR count). The number of aliphatic hydroxyl groups is 1. The summed E-state index contributed by atoms with van der Waals surface area (Å²) in [4.78, 5) is 12.5. The first-order valence-corrected chi connectivity index (χ1v) is 5.19. The van der Waals surface area contributed by atoms with Crippen molar-refractivity contribution in [2.75, 3.05) is 0 Å².